The molecular weight excluding hydrogens is 494 g/mol. The van der Waals surface area contributed by atoms with Crippen molar-refractivity contribution in [2.75, 3.05) is 5.75 Å². The van der Waals surface area contributed by atoms with Crippen molar-refractivity contribution in [1.29, 1.82) is 0 Å². The quantitative estimate of drug-likeness (QED) is 0.244. The van der Waals surface area contributed by atoms with Gasteiger partial charge in [-0.05, 0) is 51.7 Å². The van der Waals surface area contributed by atoms with Crippen molar-refractivity contribution in [3.05, 3.63) is 12.2 Å². The van der Waals surface area contributed by atoms with Crippen molar-refractivity contribution in [3.8, 4) is 0 Å². The van der Waals surface area contributed by atoms with E-state index >= 15 is 0 Å². The number of esters is 3. The van der Waals surface area contributed by atoms with E-state index in [0.717, 1.165) is 25.0 Å². The van der Waals surface area contributed by atoms with Crippen molar-refractivity contribution >= 4 is 41.0 Å². The fourth-order valence-electron chi connectivity index (χ4n) is 4.00. The summed E-state index contributed by atoms with van der Waals surface area (Å²) in [5.41, 5.74) is -0.678. The van der Waals surface area contributed by atoms with E-state index in [1.807, 2.05) is 33.8 Å². The van der Waals surface area contributed by atoms with Gasteiger partial charge in [0.1, 0.15) is 16.3 Å². The molecule has 1 N–H and O–H groups in total. The first-order valence-corrected chi connectivity index (χ1v) is 14.1. The smallest absolute Gasteiger partial charge is 0.303 e. The first-order chi connectivity index (χ1) is 16.3. The van der Waals surface area contributed by atoms with Gasteiger partial charge in [-0.15, -0.1) is 16.5 Å². The van der Waals surface area contributed by atoms with Gasteiger partial charge in [0.15, 0.2) is 18.3 Å². The molecule has 1 saturated heterocycles. The zero-order chi connectivity index (χ0) is 26.3. The first kappa shape index (κ1) is 30.0. The molecule has 9 nitrogen and oxygen atoms in total. The lowest BCUT2D eigenvalue weighted by Crippen LogP contribution is -2.66. The number of ether oxygens (including phenoxy) is 4. The molecule has 2 rings (SSSR count). The lowest BCUT2D eigenvalue weighted by Gasteiger charge is -2.47. The van der Waals surface area contributed by atoms with Crippen molar-refractivity contribution in [3.63, 3.8) is 0 Å². The lowest BCUT2D eigenvalue weighted by molar-refractivity contribution is -0.236. The maximum atomic E-state index is 13.2. The van der Waals surface area contributed by atoms with Gasteiger partial charge in [0, 0.05) is 32.1 Å². The number of carbonyl (C=O) groups excluding carboxylic acids is 3. The molecule has 2 aliphatic heterocycles. The predicted octanol–water partition coefficient (Wildman–Crippen LogP) is 3.04. The molecule has 0 aromatic heterocycles. The summed E-state index contributed by atoms with van der Waals surface area (Å²) in [6, 6.07) is -0.561. The molecule has 2 bridgehead atoms. The maximum Gasteiger partial charge on any atom is 0.303 e. The fraction of sp³-hybridized carbons (Fsp3) is 0.792. The summed E-state index contributed by atoms with van der Waals surface area (Å²) in [6.07, 6.45) is 2.91. The van der Waals surface area contributed by atoms with Crippen LogP contribution in [0.4, 0.5) is 0 Å². The van der Waals surface area contributed by atoms with E-state index in [2.05, 4.69) is 10.8 Å². The third-order valence-electron chi connectivity index (χ3n) is 5.64. The van der Waals surface area contributed by atoms with Gasteiger partial charge in [0.05, 0.1) is 6.04 Å². The standard InChI is InChI=1S/C24H39NO8S2/c1-14-12-10-8-9-11-13-34-23-22(32-17(4)28)21(31-16(3)27)20(30-15(2)26)19(33-23)18(14)25-35(29)24(5,6)7/h10,12,14,18-23,25H,8-9,11,13H2,1-7H3/t14-,18-,19-,20+,21+,22-,23-,35-/m1/s1. The minimum Gasteiger partial charge on any atom is -0.598 e. The number of rotatable bonds is 5. The maximum absolute atomic E-state index is 13.2. The van der Waals surface area contributed by atoms with Gasteiger partial charge in [-0.25, -0.2) is 0 Å². The van der Waals surface area contributed by atoms with E-state index in [1.54, 1.807) is 0 Å². The normalized spacial score (nSPS) is 33.0. The Morgan fingerprint density at radius 2 is 1.57 bits per heavy atom. The van der Waals surface area contributed by atoms with Crippen LogP contribution in [-0.2, 0) is 44.7 Å². The number of nitrogens with one attached hydrogen (secondary N) is 1. The summed E-state index contributed by atoms with van der Waals surface area (Å²) in [5, 5.41) is 0. The number of fused-ring (bicyclic) bond motifs is 2. The highest BCUT2D eigenvalue weighted by Crippen LogP contribution is 2.37. The Balaban J connectivity index is 2.61. The van der Waals surface area contributed by atoms with E-state index in [4.69, 9.17) is 18.9 Å². The van der Waals surface area contributed by atoms with Gasteiger partial charge < -0.3 is 23.5 Å². The number of allylic oxidation sites excluding steroid dienone is 1. The molecule has 2 heterocycles. The second kappa shape index (κ2) is 13.3. The van der Waals surface area contributed by atoms with Crippen molar-refractivity contribution in [2.45, 2.75) is 108 Å². The topological polar surface area (TPSA) is 123 Å². The van der Waals surface area contributed by atoms with Crippen molar-refractivity contribution < 1.29 is 37.9 Å². The molecule has 0 aliphatic carbocycles. The summed E-state index contributed by atoms with van der Waals surface area (Å²) in [4.78, 5) is 36.2. The Morgan fingerprint density at radius 3 is 2.14 bits per heavy atom. The molecule has 0 aromatic carbocycles. The molecule has 0 saturated carbocycles. The molecular formula is C24H39NO8S2. The van der Waals surface area contributed by atoms with Crippen LogP contribution in [-0.4, -0.2) is 68.9 Å². The third-order valence-corrected chi connectivity index (χ3v) is 8.47. The van der Waals surface area contributed by atoms with Crippen LogP contribution in [0.25, 0.3) is 0 Å². The zero-order valence-corrected chi connectivity index (χ0v) is 23.2. The summed E-state index contributed by atoms with van der Waals surface area (Å²) in [5.74, 6) is -1.21. The summed E-state index contributed by atoms with van der Waals surface area (Å²) >= 11 is -0.00634. The molecule has 2 aliphatic rings. The van der Waals surface area contributed by atoms with Crippen LogP contribution in [0.3, 0.4) is 0 Å². The molecule has 0 radical (unpaired) electrons. The molecule has 0 aromatic rings. The Labute approximate surface area is 215 Å². The highest BCUT2D eigenvalue weighted by Gasteiger charge is 2.55. The number of thioether (sulfide) groups is 1. The van der Waals surface area contributed by atoms with Crippen LogP contribution in [0.2, 0.25) is 0 Å². The van der Waals surface area contributed by atoms with Crippen molar-refractivity contribution in [1.82, 2.24) is 4.72 Å². The summed E-state index contributed by atoms with van der Waals surface area (Å²) < 4.78 is 39.1. The van der Waals surface area contributed by atoms with Crippen LogP contribution in [0.15, 0.2) is 12.2 Å². The molecule has 0 unspecified atom stereocenters. The monoisotopic (exact) mass is 533 g/mol. The predicted molar refractivity (Wildman–Crippen MR) is 135 cm³/mol. The van der Waals surface area contributed by atoms with Gasteiger partial charge in [0.25, 0.3) is 0 Å². The SMILES string of the molecule is CC(=O)O[C@@H]1[C@H](OC(C)=O)[C@@H](OC(C)=O)[C@@H]2O[C@@H]1[C@H](N[S@+]([O-])C(C)(C)C)[C@H](C)C=CCCCCS2. The molecule has 8 atom stereocenters. The van der Waals surface area contributed by atoms with Gasteiger partial charge in [-0.2, -0.15) is 0 Å². The Bertz CT molecular complexity index is 771. The van der Waals surface area contributed by atoms with Crippen LogP contribution >= 0.6 is 11.8 Å². The average molecular weight is 534 g/mol. The largest absolute Gasteiger partial charge is 0.598 e. The van der Waals surface area contributed by atoms with Crippen LogP contribution in [0.1, 0.15) is 67.7 Å². The summed E-state index contributed by atoms with van der Waals surface area (Å²) in [7, 11) is 0. The summed E-state index contributed by atoms with van der Waals surface area (Å²) in [6.45, 7) is 11.3. The van der Waals surface area contributed by atoms with E-state index in [-0.39, 0.29) is 5.92 Å². The minimum absolute atomic E-state index is 0.169. The second-order valence-electron chi connectivity index (χ2n) is 9.87. The van der Waals surface area contributed by atoms with Gasteiger partial charge in [-0.3, -0.25) is 14.4 Å². The second-order valence-corrected chi connectivity index (χ2v) is 13.1. The van der Waals surface area contributed by atoms with Crippen LogP contribution in [0.5, 0.6) is 0 Å². The molecule has 11 heteroatoms. The van der Waals surface area contributed by atoms with E-state index in [0.29, 0.717) is 0 Å². The zero-order valence-electron chi connectivity index (χ0n) is 21.6. The minimum atomic E-state index is -1.47. The highest BCUT2D eigenvalue weighted by molar-refractivity contribution is 7.99. The van der Waals surface area contributed by atoms with E-state index in [1.165, 1.54) is 32.5 Å². The Kier molecular flexibility index (Phi) is 11.4. The molecule has 1 fully saturated rings. The highest BCUT2D eigenvalue weighted by atomic mass is 32.2. The van der Waals surface area contributed by atoms with E-state index < -0.39 is 69.9 Å². The lowest BCUT2D eigenvalue weighted by atomic mass is 9.88. The number of hydrogen-bond donors (Lipinski definition) is 1. The Hall–Kier alpha value is -1.27. The third kappa shape index (κ3) is 8.96. The Morgan fingerprint density at radius 1 is 1.00 bits per heavy atom. The van der Waals surface area contributed by atoms with Crippen LogP contribution in [0, 0.1) is 5.92 Å². The molecule has 0 amide bonds. The molecule has 35 heavy (non-hydrogen) atoms. The number of hydrogen-bond acceptors (Lipinski definition) is 10. The molecule has 0 spiro atoms. The van der Waals surface area contributed by atoms with Crippen LogP contribution < -0.4 is 4.72 Å². The van der Waals surface area contributed by atoms with Crippen molar-refractivity contribution in [2.24, 2.45) is 5.92 Å². The van der Waals surface area contributed by atoms with E-state index in [9.17, 15) is 18.9 Å². The number of carbonyl (C=O) groups is 3. The van der Waals surface area contributed by atoms with Gasteiger partial charge >= 0.3 is 17.9 Å². The average Bonchev–Trinajstić information content (AvgIpc) is 2.72. The van der Waals surface area contributed by atoms with Gasteiger partial charge in [-0.1, -0.05) is 19.1 Å². The van der Waals surface area contributed by atoms with Gasteiger partial charge in [0.2, 0.25) is 0 Å². The molecule has 200 valence electrons. The first-order valence-electron chi connectivity index (χ1n) is 11.9. The fourth-order valence-corrected chi connectivity index (χ4v) is 6.16.